The van der Waals surface area contributed by atoms with E-state index < -0.39 is 11.9 Å². The monoisotopic (exact) mass is 274 g/mol. The maximum absolute atomic E-state index is 12.9. The highest BCUT2D eigenvalue weighted by Gasteiger charge is 2.56. The second kappa shape index (κ2) is 4.71. The first kappa shape index (κ1) is 12.8. The molecule has 1 aliphatic carbocycles. The minimum Gasteiger partial charge on any atom is -0.481 e. The standard InChI is InChI=1S/C16H12F2O2/c17-11-5-1-9(2-6-11)13-14(15(13)16(19)20)10-3-7-12(18)8-4-10/h1-8,13-15H,(H,19,20). The van der Waals surface area contributed by atoms with Crippen LogP contribution in [0.5, 0.6) is 0 Å². The highest BCUT2D eigenvalue weighted by molar-refractivity contribution is 5.78. The third-order valence-corrected chi connectivity index (χ3v) is 3.81. The van der Waals surface area contributed by atoms with Gasteiger partial charge in [-0.05, 0) is 35.4 Å². The van der Waals surface area contributed by atoms with E-state index in [0.29, 0.717) is 0 Å². The van der Waals surface area contributed by atoms with Crippen LogP contribution in [0, 0.1) is 17.6 Å². The Labute approximate surface area is 114 Å². The fourth-order valence-corrected chi connectivity index (χ4v) is 2.82. The van der Waals surface area contributed by atoms with Crippen LogP contribution >= 0.6 is 0 Å². The fraction of sp³-hybridized carbons (Fsp3) is 0.188. The summed E-state index contributed by atoms with van der Waals surface area (Å²) in [5.74, 6) is -2.48. The van der Waals surface area contributed by atoms with Gasteiger partial charge in [0.1, 0.15) is 11.6 Å². The van der Waals surface area contributed by atoms with Crippen molar-refractivity contribution in [2.24, 2.45) is 5.92 Å². The van der Waals surface area contributed by atoms with Crippen LogP contribution < -0.4 is 0 Å². The van der Waals surface area contributed by atoms with Gasteiger partial charge in [-0.3, -0.25) is 4.79 Å². The predicted octanol–water partition coefficient (Wildman–Crippen LogP) is 3.55. The number of benzene rings is 2. The van der Waals surface area contributed by atoms with Gasteiger partial charge < -0.3 is 5.11 Å². The predicted molar refractivity (Wildman–Crippen MR) is 69.4 cm³/mol. The largest absolute Gasteiger partial charge is 0.481 e. The molecule has 1 aliphatic rings. The van der Waals surface area contributed by atoms with Crippen molar-refractivity contribution >= 4 is 5.97 Å². The summed E-state index contributed by atoms with van der Waals surface area (Å²) in [5, 5.41) is 9.28. The number of carbonyl (C=O) groups is 1. The Morgan fingerprint density at radius 3 is 1.45 bits per heavy atom. The Bertz CT molecular complexity index is 583. The summed E-state index contributed by atoms with van der Waals surface area (Å²) in [7, 11) is 0. The summed E-state index contributed by atoms with van der Waals surface area (Å²) in [6.45, 7) is 0. The van der Waals surface area contributed by atoms with Gasteiger partial charge in [0, 0.05) is 11.8 Å². The third-order valence-electron chi connectivity index (χ3n) is 3.81. The van der Waals surface area contributed by atoms with Gasteiger partial charge in [-0.2, -0.15) is 0 Å². The maximum Gasteiger partial charge on any atom is 0.307 e. The Morgan fingerprint density at radius 1 is 0.800 bits per heavy atom. The molecule has 0 bridgehead atoms. The second-order valence-corrected chi connectivity index (χ2v) is 5.02. The average Bonchev–Trinajstić information content (AvgIpc) is 3.16. The van der Waals surface area contributed by atoms with Crippen LogP contribution in [0.3, 0.4) is 0 Å². The molecule has 102 valence electrons. The van der Waals surface area contributed by atoms with Crippen LogP contribution in [0.25, 0.3) is 0 Å². The summed E-state index contributed by atoms with van der Waals surface area (Å²) in [5.41, 5.74) is 1.60. The van der Waals surface area contributed by atoms with Gasteiger partial charge >= 0.3 is 5.97 Å². The molecule has 0 saturated heterocycles. The number of hydrogen-bond acceptors (Lipinski definition) is 1. The van der Waals surface area contributed by atoms with E-state index in [1.165, 1.54) is 24.3 Å². The lowest BCUT2D eigenvalue weighted by Crippen LogP contribution is -2.00. The van der Waals surface area contributed by atoms with Crippen LogP contribution in [0.2, 0.25) is 0 Å². The first-order chi connectivity index (χ1) is 9.58. The first-order valence-corrected chi connectivity index (χ1v) is 6.31. The fourth-order valence-electron chi connectivity index (χ4n) is 2.82. The second-order valence-electron chi connectivity index (χ2n) is 5.02. The molecule has 2 aromatic carbocycles. The smallest absolute Gasteiger partial charge is 0.307 e. The zero-order valence-electron chi connectivity index (χ0n) is 10.5. The number of carboxylic acids is 1. The van der Waals surface area contributed by atoms with E-state index in [1.807, 2.05) is 0 Å². The number of rotatable bonds is 3. The van der Waals surface area contributed by atoms with E-state index in [4.69, 9.17) is 0 Å². The van der Waals surface area contributed by atoms with Gasteiger partial charge in [-0.1, -0.05) is 24.3 Å². The van der Waals surface area contributed by atoms with E-state index in [1.54, 1.807) is 24.3 Å². The topological polar surface area (TPSA) is 37.3 Å². The van der Waals surface area contributed by atoms with Crippen molar-refractivity contribution in [2.75, 3.05) is 0 Å². The van der Waals surface area contributed by atoms with Crippen molar-refractivity contribution in [3.8, 4) is 0 Å². The molecule has 0 amide bonds. The minimum absolute atomic E-state index is 0.182. The summed E-state index contributed by atoms with van der Waals surface area (Å²) >= 11 is 0. The maximum atomic E-state index is 12.9. The van der Waals surface area contributed by atoms with Gasteiger partial charge in [0.25, 0.3) is 0 Å². The quantitative estimate of drug-likeness (QED) is 0.929. The molecule has 0 aromatic heterocycles. The Kier molecular flexibility index (Phi) is 3.01. The van der Waals surface area contributed by atoms with E-state index in [9.17, 15) is 18.7 Å². The molecule has 4 heteroatoms. The molecule has 2 aromatic rings. The van der Waals surface area contributed by atoms with Gasteiger partial charge in [-0.25, -0.2) is 8.78 Å². The number of halogens is 2. The molecule has 0 spiro atoms. The molecule has 2 nitrogen and oxygen atoms in total. The summed E-state index contributed by atoms with van der Waals surface area (Å²) in [6.07, 6.45) is 0. The average molecular weight is 274 g/mol. The van der Waals surface area contributed by atoms with E-state index in [-0.39, 0.29) is 23.5 Å². The van der Waals surface area contributed by atoms with Crippen LogP contribution in [0.15, 0.2) is 48.5 Å². The molecule has 20 heavy (non-hydrogen) atoms. The molecule has 2 atom stereocenters. The van der Waals surface area contributed by atoms with Crippen molar-refractivity contribution < 1.29 is 18.7 Å². The summed E-state index contributed by atoms with van der Waals surface area (Å²) < 4.78 is 25.9. The van der Waals surface area contributed by atoms with Crippen LogP contribution in [0.1, 0.15) is 23.0 Å². The first-order valence-electron chi connectivity index (χ1n) is 6.31. The normalized spacial score (nSPS) is 24.4. The summed E-state index contributed by atoms with van der Waals surface area (Å²) in [6, 6.07) is 11.8. The third kappa shape index (κ3) is 2.18. The molecular weight excluding hydrogens is 262 g/mol. The minimum atomic E-state index is -0.881. The van der Waals surface area contributed by atoms with Gasteiger partial charge in [0.15, 0.2) is 0 Å². The molecule has 0 aliphatic heterocycles. The molecule has 0 radical (unpaired) electrons. The summed E-state index contributed by atoms with van der Waals surface area (Å²) in [4.78, 5) is 11.3. The zero-order chi connectivity index (χ0) is 14.3. The zero-order valence-corrected chi connectivity index (χ0v) is 10.5. The Hall–Kier alpha value is -2.23. The lowest BCUT2D eigenvalue weighted by molar-refractivity contribution is -0.138. The SMILES string of the molecule is O=C(O)C1C(c2ccc(F)cc2)C1c1ccc(F)cc1. The van der Waals surface area contributed by atoms with Crippen molar-refractivity contribution in [2.45, 2.75) is 11.8 Å². The molecule has 1 fully saturated rings. The highest BCUT2D eigenvalue weighted by atomic mass is 19.1. The number of aliphatic carboxylic acids is 1. The van der Waals surface area contributed by atoms with Gasteiger partial charge in [0.05, 0.1) is 5.92 Å². The van der Waals surface area contributed by atoms with Crippen molar-refractivity contribution in [3.05, 3.63) is 71.3 Å². The number of carboxylic acid groups (broad SMARTS) is 1. The molecule has 2 unspecified atom stereocenters. The lowest BCUT2D eigenvalue weighted by Gasteiger charge is -2.01. The number of hydrogen-bond donors (Lipinski definition) is 1. The van der Waals surface area contributed by atoms with Crippen molar-refractivity contribution in [3.63, 3.8) is 0 Å². The molecular formula is C16H12F2O2. The Morgan fingerprint density at radius 2 is 1.15 bits per heavy atom. The van der Waals surface area contributed by atoms with Crippen LogP contribution in [0.4, 0.5) is 8.78 Å². The highest BCUT2D eigenvalue weighted by Crippen LogP contribution is 2.60. The van der Waals surface area contributed by atoms with Gasteiger partial charge in [0.2, 0.25) is 0 Å². The van der Waals surface area contributed by atoms with Crippen molar-refractivity contribution in [1.82, 2.24) is 0 Å². The molecule has 3 rings (SSSR count). The molecule has 1 N–H and O–H groups in total. The lowest BCUT2D eigenvalue weighted by atomic mass is 10.0. The van der Waals surface area contributed by atoms with Crippen LogP contribution in [-0.4, -0.2) is 11.1 Å². The van der Waals surface area contributed by atoms with Crippen molar-refractivity contribution in [1.29, 1.82) is 0 Å². The van der Waals surface area contributed by atoms with E-state index >= 15 is 0 Å². The van der Waals surface area contributed by atoms with Gasteiger partial charge in [-0.15, -0.1) is 0 Å². The van der Waals surface area contributed by atoms with E-state index in [0.717, 1.165) is 11.1 Å². The molecule has 0 heterocycles. The molecule has 1 saturated carbocycles. The van der Waals surface area contributed by atoms with E-state index in [2.05, 4.69) is 0 Å². The van der Waals surface area contributed by atoms with Crippen LogP contribution in [-0.2, 0) is 4.79 Å². The Balaban J connectivity index is 1.92.